The minimum absolute atomic E-state index is 0.155. The quantitative estimate of drug-likeness (QED) is 0.814. The lowest BCUT2D eigenvalue weighted by Gasteiger charge is -2.32. The van der Waals surface area contributed by atoms with E-state index in [0.717, 1.165) is 18.4 Å². The van der Waals surface area contributed by atoms with Crippen LogP contribution in [-0.4, -0.2) is 11.3 Å². The molecule has 0 atom stereocenters. The largest absolute Gasteiger partial charge is 0.328 e. The summed E-state index contributed by atoms with van der Waals surface area (Å²) in [5, 5.41) is 0.633. The van der Waals surface area contributed by atoms with Crippen molar-refractivity contribution < 1.29 is 4.39 Å². The number of halogens is 1. The Morgan fingerprint density at radius 3 is 2.71 bits per heavy atom. The first kappa shape index (κ1) is 9.99. The Bertz CT molecular complexity index is 334. The monoisotopic (exact) mass is 211 g/mol. The topological polar surface area (TPSA) is 26.0 Å². The first-order valence-electron chi connectivity index (χ1n) is 4.83. The van der Waals surface area contributed by atoms with E-state index < -0.39 is 0 Å². The molecule has 0 saturated heterocycles. The molecule has 1 aromatic carbocycles. The third-order valence-corrected chi connectivity index (χ3v) is 3.99. The van der Waals surface area contributed by atoms with E-state index in [9.17, 15) is 4.39 Å². The number of hydrogen-bond acceptors (Lipinski definition) is 2. The molecule has 2 N–H and O–H groups in total. The summed E-state index contributed by atoms with van der Waals surface area (Å²) in [7, 11) is 0. The Hall–Kier alpha value is -0.540. The Balaban J connectivity index is 2.02. The number of rotatable bonds is 2. The summed E-state index contributed by atoms with van der Waals surface area (Å²) < 4.78 is 12.8. The van der Waals surface area contributed by atoms with Crippen LogP contribution in [0.5, 0.6) is 0 Å². The average Bonchev–Trinajstić information content (AvgIpc) is 2.06. The lowest BCUT2D eigenvalue weighted by molar-refractivity contribution is 0.432. The summed E-state index contributed by atoms with van der Waals surface area (Å²) in [5.41, 5.74) is 6.73. The van der Waals surface area contributed by atoms with E-state index in [1.807, 2.05) is 24.8 Å². The molecule has 0 radical (unpaired) electrons. The van der Waals surface area contributed by atoms with Crippen LogP contribution in [-0.2, 0) is 0 Å². The summed E-state index contributed by atoms with van der Waals surface area (Å²) in [6.07, 6.45) is 2.17. The Morgan fingerprint density at radius 2 is 2.14 bits per heavy atom. The van der Waals surface area contributed by atoms with Crippen LogP contribution in [0.3, 0.4) is 0 Å². The highest BCUT2D eigenvalue weighted by Crippen LogP contribution is 2.37. The molecule has 1 aliphatic rings. The third-order valence-electron chi connectivity index (χ3n) is 2.56. The standard InChI is InChI=1S/C11H14FNS/c1-7-4-8(12)2-3-11(7)14-10-5-9(13)6-10/h2-4,9-10H,5-6,13H2,1H3. The molecule has 1 saturated carbocycles. The number of nitrogens with two attached hydrogens (primary N) is 1. The molecule has 14 heavy (non-hydrogen) atoms. The van der Waals surface area contributed by atoms with Crippen LogP contribution in [0.25, 0.3) is 0 Å². The molecule has 0 bridgehead atoms. The lowest BCUT2D eigenvalue weighted by atomic mass is 9.93. The predicted octanol–water partition coefficient (Wildman–Crippen LogP) is 2.72. The molecule has 3 heteroatoms. The van der Waals surface area contributed by atoms with Crippen LogP contribution in [0.2, 0.25) is 0 Å². The van der Waals surface area contributed by atoms with E-state index in [0.29, 0.717) is 11.3 Å². The van der Waals surface area contributed by atoms with Gasteiger partial charge in [0.05, 0.1) is 0 Å². The second-order valence-corrected chi connectivity index (χ2v) is 5.22. The first-order chi connectivity index (χ1) is 6.65. The average molecular weight is 211 g/mol. The van der Waals surface area contributed by atoms with E-state index in [4.69, 9.17) is 5.73 Å². The number of thioether (sulfide) groups is 1. The van der Waals surface area contributed by atoms with Crippen molar-refractivity contribution >= 4 is 11.8 Å². The van der Waals surface area contributed by atoms with Gasteiger partial charge in [0.2, 0.25) is 0 Å². The molecule has 2 rings (SSSR count). The highest BCUT2D eigenvalue weighted by Gasteiger charge is 2.26. The number of hydrogen-bond donors (Lipinski definition) is 1. The van der Waals surface area contributed by atoms with Crippen molar-refractivity contribution in [3.63, 3.8) is 0 Å². The van der Waals surface area contributed by atoms with Gasteiger partial charge in [-0.3, -0.25) is 0 Å². The van der Waals surface area contributed by atoms with Gasteiger partial charge in [-0.25, -0.2) is 4.39 Å². The molecular formula is C11H14FNS. The fourth-order valence-corrected chi connectivity index (χ4v) is 3.06. The number of benzene rings is 1. The van der Waals surface area contributed by atoms with Crippen molar-refractivity contribution in [1.82, 2.24) is 0 Å². The van der Waals surface area contributed by atoms with Crippen molar-refractivity contribution in [1.29, 1.82) is 0 Å². The van der Waals surface area contributed by atoms with Crippen molar-refractivity contribution in [3.05, 3.63) is 29.6 Å². The zero-order chi connectivity index (χ0) is 10.1. The smallest absolute Gasteiger partial charge is 0.123 e. The highest BCUT2D eigenvalue weighted by atomic mass is 32.2. The summed E-state index contributed by atoms with van der Waals surface area (Å²) >= 11 is 1.82. The molecule has 0 unspecified atom stereocenters. The summed E-state index contributed by atoms with van der Waals surface area (Å²) in [6, 6.07) is 5.35. The van der Waals surface area contributed by atoms with Crippen molar-refractivity contribution in [2.45, 2.75) is 36.0 Å². The first-order valence-corrected chi connectivity index (χ1v) is 5.71. The van der Waals surface area contributed by atoms with Gasteiger partial charge in [-0.2, -0.15) is 0 Å². The van der Waals surface area contributed by atoms with Gasteiger partial charge >= 0.3 is 0 Å². The summed E-state index contributed by atoms with van der Waals surface area (Å²) in [6.45, 7) is 1.95. The highest BCUT2D eigenvalue weighted by molar-refractivity contribution is 8.00. The second-order valence-electron chi connectivity index (χ2n) is 3.88. The van der Waals surface area contributed by atoms with Crippen LogP contribution in [0.4, 0.5) is 4.39 Å². The van der Waals surface area contributed by atoms with E-state index in [1.165, 1.54) is 11.0 Å². The SMILES string of the molecule is Cc1cc(F)ccc1SC1CC(N)C1. The van der Waals surface area contributed by atoms with E-state index in [2.05, 4.69) is 0 Å². The zero-order valence-electron chi connectivity index (χ0n) is 8.16. The minimum Gasteiger partial charge on any atom is -0.328 e. The van der Waals surface area contributed by atoms with Gasteiger partial charge in [-0.1, -0.05) is 0 Å². The van der Waals surface area contributed by atoms with Gasteiger partial charge in [0, 0.05) is 16.2 Å². The van der Waals surface area contributed by atoms with Crippen LogP contribution in [0.15, 0.2) is 23.1 Å². The van der Waals surface area contributed by atoms with Gasteiger partial charge < -0.3 is 5.73 Å². The third kappa shape index (κ3) is 2.10. The fourth-order valence-electron chi connectivity index (χ4n) is 1.63. The van der Waals surface area contributed by atoms with Crippen molar-refractivity contribution in [3.8, 4) is 0 Å². The molecular weight excluding hydrogens is 197 g/mol. The van der Waals surface area contributed by atoms with Crippen molar-refractivity contribution in [2.75, 3.05) is 0 Å². The van der Waals surface area contributed by atoms with E-state index in [-0.39, 0.29) is 5.82 Å². The fraction of sp³-hybridized carbons (Fsp3) is 0.455. The Kier molecular flexibility index (Phi) is 2.79. The summed E-state index contributed by atoms with van der Waals surface area (Å²) in [5.74, 6) is -0.155. The normalized spacial score (nSPS) is 25.9. The lowest BCUT2D eigenvalue weighted by Crippen LogP contribution is -2.38. The van der Waals surface area contributed by atoms with E-state index >= 15 is 0 Å². The minimum atomic E-state index is -0.155. The van der Waals surface area contributed by atoms with Gasteiger partial charge in [-0.15, -0.1) is 11.8 Å². The molecule has 0 aliphatic heterocycles. The molecule has 1 aliphatic carbocycles. The van der Waals surface area contributed by atoms with Gasteiger partial charge in [0.15, 0.2) is 0 Å². The maximum absolute atomic E-state index is 12.8. The summed E-state index contributed by atoms with van der Waals surface area (Å²) in [4.78, 5) is 1.18. The van der Waals surface area contributed by atoms with E-state index in [1.54, 1.807) is 6.07 Å². The molecule has 1 fully saturated rings. The number of aryl methyl sites for hydroxylation is 1. The van der Waals surface area contributed by atoms with Crippen LogP contribution < -0.4 is 5.73 Å². The van der Waals surface area contributed by atoms with Crippen LogP contribution in [0.1, 0.15) is 18.4 Å². The van der Waals surface area contributed by atoms with Crippen molar-refractivity contribution in [2.24, 2.45) is 5.73 Å². The van der Waals surface area contributed by atoms with Gasteiger partial charge in [-0.05, 0) is 43.5 Å². The molecule has 0 amide bonds. The molecule has 1 nitrogen and oxygen atoms in total. The molecule has 0 aromatic heterocycles. The molecule has 1 aromatic rings. The second kappa shape index (κ2) is 3.91. The zero-order valence-corrected chi connectivity index (χ0v) is 8.98. The molecule has 76 valence electrons. The predicted molar refractivity (Wildman–Crippen MR) is 58.0 cm³/mol. The Morgan fingerprint density at radius 1 is 1.43 bits per heavy atom. The maximum atomic E-state index is 12.8. The van der Waals surface area contributed by atoms with Crippen LogP contribution in [0, 0.1) is 12.7 Å². The van der Waals surface area contributed by atoms with Gasteiger partial charge in [0.25, 0.3) is 0 Å². The van der Waals surface area contributed by atoms with Crippen LogP contribution >= 0.6 is 11.8 Å². The Labute approximate surface area is 87.9 Å². The maximum Gasteiger partial charge on any atom is 0.123 e. The van der Waals surface area contributed by atoms with Gasteiger partial charge in [0.1, 0.15) is 5.82 Å². The molecule has 0 heterocycles. The molecule has 0 spiro atoms.